The van der Waals surface area contributed by atoms with Crippen LogP contribution in [-0.4, -0.2) is 53.7 Å². The maximum absolute atomic E-state index is 14.7. The van der Waals surface area contributed by atoms with E-state index in [1.807, 2.05) is 13.8 Å². The van der Waals surface area contributed by atoms with Crippen LogP contribution in [0.25, 0.3) is 5.57 Å². The summed E-state index contributed by atoms with van der Waals surface area (Å²) in [4.78, 5) is 13.7. The smallest absolute Gasteiger partial charge is 0.414 e. The molecule has 0 spiro atoms. The largest absolute Gasteiger partial charge is 0.442 e. The number of hydrogen-bond acceptors (Lipinski definition) is 6. The number of benzene rings is 1. The number of carbonyl (C=O) groups is 1. The van der Waals surface area contributed by atoms with Crippen molar-refractivity contribution in [2.24, 2.45) is 0 Å². The first-order chi connectivity index (χ1) is 13.7. The number of aryl methyl sites for hydroxylation is 1. The summed E-state index contributed by atoms with van der Waals surface area (Å²) in [6.07, 6.45) is 0.874. The highest BCUT2D eigenvalue weighted by Gasteiger charge is 2.33. The molecule has 4 rings (SSSR count). The van der Waals surface area contributed by atoms with E-state index in [2.05, 4.69) is 10.3 Å². The highest BCUT2D eigenvalue weighted by molar-refractivity contribution is 7.91. The Labute approximate surface area is 167 Å². The molecular formula is C19H21FN4O4S. The number of nitrogens with zero attached hydrogens (tertiary/aromatic N) is 4. The maximum Gasteiger partial charge on any atom is 0.414 e. The number of aromatic nitrogens is 3. The van der Waals surface area contributed by atoms with E-state index in [-0.39, 0.29) is 24.5 Å². The lowest BCUT2D eigenvalue weighted by molar-refractivity contribution is 0.128. The first-order valence-corrected chi connectivity index (χ1v) is 11.1. The van der Waals surface area contributed by atoms with E-state index in [9.17, 15) is 17.6 Å². The van der Waals surface area contributed by atoms with Crippen LogP contribution in [0.4, 0.5) is 14.9 Å². The van der Waals surface area contributed by atoms with Gasteiger partial charge in [0.05, 0.1) is 41.7 Å². The number of ether oxygens (including phenoxy) is 1. The summed E-state index contributed by atoms with van der Waals surface area (Å²) in [5.74, 6) is -0.557. The maximum atomic E-state index is 14.7. The minimum Gasteiger partial charge on any atom is -0.442 e. The van der Waals surface area contributed by atoms with Gasteiger partial charge in [-0.25, -0.2) is 22.3 Å². The molecule has 1 saturated heterocycles. The monoisotopic (exact) mass is 420 g/mol. The lowest BCUT2D eigenvalue weighted by Gasteiger charge is -2.17. The zero-order valence-electron chi connectivity index (χ0n) is 16.1. The minimum atomic E-state index is -3.08. The second-order valence-corrected chi connectivity index (χ2v) is 9.55. The van der Waals surface area contributed by atoms with E-state index in [0.29, 0.717) is 23.4 Å². The molecule has 1 amide bonds. The van der Waals surface area contributed by atoms with Crippen LogP contribution in [0.5, 0.6) is 0 Å². The second-order valence-electron chi connectivity index (χ2n) is 7.32. The van der Waals surface area contributed by atoms with Crippen molar-refractivity contribution < 1.29 is 22.3 Å². The van der Waals surface area contributed by atoms with Crippen LogP contribution in [0.2, 0.25) is 0 Å². The summed E-state index contributed by atoms with van der Waals surface area (Å²) < 4.78 is 44.9. The number of cyclic esters (lactones) is 1. The third-order valence-corrected chi connectivity index (χ3v) is 6.84. The van der Waals surface area contributed by atoms with Gasteiger partial charge >= 0.3 is 6.09 Å². The molecule has 1 aromatic heterocycles. The average Bonchev–Trinajstić information content (AvgIpc) is 3.19. The second kappa shape index (κ2) is 7.25. The Kier molecular flexibility index (Phi) is 4.89. The van der Waals surface area contributed by atoms with E-state index in [1.165, 1.54) is 11.0 Å². The van der Waals surface area contributed by atoms with Gasteiger partial charge in [-0.3, -0.25) is 4.90 Å². The first kappa shape index (κ1) is 19.6. The Morgan fingerprint density at radius 3 is 2.72 bits per heavy atom. The predicted octanol–water partition coefficient (Wildman–Crippen LogP) is 2.26. The number of rotatable bonds is 4. The molecule has 0 aliphatic carbocycles. The van der Waals surface area contributed by atoms with E-state index >= 15 is 0 Å². The van der Waals surface area contributed by atoms with E-state index in [1.54, 1.807) is 22.9 Å². The third-order valence-electron chi connectivity index (χ3n) is 5.34. The Morgan fingerprint density at radius 1 is 1.31 bits per heavy atom. The fraction of sp³-hybridized carbons (Fsp3) is 0.421. The quantitative estimate of drug-likeness (QED) is 0.753. The standard InChI is InChI=1S/C19H21FN4O4S/c1-12-13(2)24(22-21-12)11-16-10-23(19(25)28-16)15-3-4-17(18(20)9-15)14-5-7-29(26,27)8-6-14/h3-5,9,16H,6-8,10-11H2,1-2H3/t16-/m1/s1. The summed E-state index contributed by atoms with van der Waals surface area (Å²) in [6, 6.07) is 4.52. The van der Waals surface area contributed by atoms with Crippen molar-refractivity contribution >= 4 is 27.2 Å². The van der Waals surface area contributed by atoms with Gasteiger partial charge in [0, 0.05) is 5.56 Å². The van der Waals surface area contributed by atoms with Crippen LogP contribution in [0.3, 0.4) is 0 Å². The van der Waals surface area contributed by atoms with Crippen LogP contribution < -0.4 is 4.90 Å². The first-order valence-electron chi connectivity index (χ1n) is 9.28. The van der Waals surface area contributed by atoms with Gasteiger partial charge in [0.15, 0.2) is 9.84 Å². The van der Waals surface area contributed by atoms with Crippen molar-refractivity contribution in [2.45, 2.75) is 32.9 Å². The van der Waals surface area contributed by atoms with Crippen molar-refractivity contribution in [1.29, 1.82) is 0 Å². The molecule has 0 unspecified atom stereocenters. The lowest BCUT2D eigenvalue weighted by atomic mass is 10.0. The Morgan fingerprint density at radius 2 is 2.10 bits per heavy atom. The lowest BCUT2D eigenvalue weighted by Crippen LogP contribution is -2.26. The molecule has 8 nitrogen and oxygen atoms in total. The number of carbonyl (C=O) groups excluding carboxylic acids is 1. The van der Waals surface area contributed by atoms with Crippen molar-refractivity contribution in [2.75, 3.05) is 23.0 Å². The fourth-order valence-corrected chi connectivity index (χ4v) is 4.65. The number of amides is 1. The van der Waals surface area contributed by atoms with Crippen LogP contribution in [-0.2, 0) is 21.1 Å². The Hall–Kier alpha value is -2.75. The molecule has 2 aliphatic rings. The third kappa shape index (κ3) is 3.89. The summed E-state index contributed by atoms with van der Waals surface area (Å²) in [5.41, 5.74) is 3.14. The molecule has 0 N–H and O–H groups in total. The average molecular weight is 420 g/mol. The van der Waals surface area contributed by atoms with Gasteiger partial charge in [0.25, 0.3) is 0 Å². The number of halogens is 1. The molecular weight excluding hydrogens is 399 g/mol. The zero-order chi connectivity index (χ0) is 20.8. The molecule has 3 heterocycles. The van der Waals surface area contributed by atoms with Gasteiger partial charge in [-0.05, 0) is 44.0 Å². The molecule has 0 saturated carbocycles. The zero-order valence-corrected chi connectivity index (χ0v) is 16.9. The Balaban J connectivity index is 1.50. The molecule has 0 bridgehead atoms. The predicted molar refractivity (Wildman–Crippen MR) is 105 cm³/mol. The number of allylic oxidation sites excluding steroid dienone is 1. The minimum absolute atomic E-state index is 0.0152. The molecule has 29 heavy (non-hydrogen) atoms. The number of anilines is 1. The highest BCUT2D eigenvalue weighted by Crippen LogP contribution is 2.30. The summed E-state index contributed by atoms with van der Waals surface area (Å²) in [6.45, 7) is 4.39. The summed E-state index contributed by atoms with van der Waals surface area (Å²) in [7, 11) is -3.08. The van der Waals surface area contributed by atoms with Gasteiger partial charge in [-0.1, -0.05) is 11.3 Å². The summed E-state index contributed by atoms with van der Waals surface area (Å²) >= 11 is 0. The molecule has 154 valence electrons. The summed E-state index contributed by atoms with van der Waals surface area (Å²) in [5, 5.41) is 8.03. The molecule has 0 radical (unpaired) electrons. The molecule has 2 aliphatic heterocycles. The van der Waals surface area contributed by atoms with Crippen molar-refractivity contribution in [1.82, 2.24) is 15.0 Å². The highest BCUT2D eigenvalue weighted by atomic mass is 32.2. The van der Waals surface area contributed by atoms with Crippen molar-refractivity contribution in [3.05, 3.63) is 47.0 Å². The van der Waals surface area contributed by atoms with Gasteiger partial charge in [0.2, 0.25) is 0 Å². The molecule has 1 fully saturated rings. The van der Waals surface area contributed by atoms with Gasteiger partial charge in [0.1, 0.15) is 11.9 Å². The molecule has 1 aromatic carbocycles. The van der Waals surface area contributed by atoms with E-state index < -0.39 is 27.9 Å². The van der Waals surface area contributed by atoms with E-state index in [0.717, 1.165) is 11.4 Å². The van der Waals surface area contributed by atoms with Gasteiger partial charge in [-0.2, -0.15) is 0 Å². The fourth-order valence-electron chi connectivity index (χ4n) is 3.50. The number of hydrogen-bond donors (Lipinski definition) is 0. The topological polar surface area (TPSA) is 94.4 Å². The van der Waals surface area contributed by atoms with Crippen LogP contribution in [0, 0.1) is 19.7 Å². The normalized spacial score (nSPS) is 21.2. The van der Waals surface area contributed by atoms with Gasteiger partial charge in [-0.15, -0.1) is 5.10 Å². The van der Waals surface area contributed by atoms with Gasteiger partial charge < -0.3 is 4.74 Å². The van der Waals surface area contributed by atoms with Crippen molar-refractivity contribution in [3.8, 4) is 0 Å². The SMILES string of the molecule is Cc1nnn(C[C@H]2CN(c3ccc(C4=CCS(=O)(=O)CC4)c(F)c3)C(=O)O2)c1C. The van der Waals surface area contributed by atoms with E-state index in [4.69, 9.17) is 4.74 Å². The van der Waals surface area contributed by atoms with Crippen LogP contribution in [0.1, 0.15) is 23.4 Å². The molecule has 2 aromatic rings. The molecule has 1 atom stereocenters. The molecule has 10 heteroatoms. The number of sulfone groups is 1. The van der Waals surface area contributed by atoms with Crippen LogP contribution >= 0.6 is 0 Å². The Bertz CT molecular complexity index is 1110. The van der Waals surface area contributed by atoms with Crippen LogP contribution in [0.15, 0.2) is 24.3 Å². The van der Waals surface area contributed by atoms with Crippen molar-refractivity contribution in [3.63, 3.8) is 0 Å².